The summed E-state index contributed by atoms with van der Waals surface area (Å²) in [5.41, 5.74) is 7.22. The van der Waals surface area contributed by atoms with Crippen LogP contribution in [0.4, 0.5) is 11.6 Å². The molecule has 0 spiro atoms. The van der Waals surface area contributed by atoms with Gasteiger partial charge in [-0.2, -0.15) is 8.42 Å². The van der Waals surface area contributed by atoms with Crippen LogP contribution in [0.3, 0.4) is 0 Å². The standard InChI is InChI=1S/C23H29N5O4S/c1-15-11-12-28(23(15,2)3)21-17(9-10-18(25-21)16-6-5-13-32-14-16)22(29)27-33(30,31)20-8-4-7-19(24)26-20/h4,7-10,14-15H,5-6,11-13H2,1-3H3,(H2,24,26)(H,27,29). The molecule has 2 aromatic rings. The Morgan fingerprint density at radius 1 is 1.24 bits per heavy atom. The molecule has 9 nitrogen and oxygen atoms in total. The molecule has 0 radical (unpaired) electrons. The highest BCUT2D eigenvalue weighted by Crippen LogP contribution is 2.39. The van der Waals surface area contributed by atoms with E-state index in [1.807, 2.05) is 0 Å². The summed E-state index contributed by atoms with van der Waals surface area (Å²) in [6, 6.07) is 7.59. The number of carbonyl (C=O) groups is 1. The molecule has 33 heavy (non-hydrogen) atoms. The molecular formula is C23H29N5O4S. The normalized spacial score (nSPS) is 20.2. The van der Waals surface area contributed by atoms with Crippen molar-refractivity contribution >= 4 is 33.1 Å². The fourth-order valence-electron chi connectivity index (χ4n) is 4.18. The minimum atomic E-state index is -4.21. The van der Waals surface area contributed by atoms with Crippen LogP contribution in [0, 0.1) is 5.92 Å². The number of nitrogen functional groups attached to an aromatic ring is 1. The van der Waals surface area contributed by atoms with Crippen LogP contribution in [0.15, 0.2) is 41.6 Å². The molecule has 10 heteroatoms. The maximum Gasteiger partial charge on any atom is 0.281 e. The van der Waals surface area contributed by atoms with Gasteiger partial charge in [-0.3, -0.25) is 4.79 Å². The average Bonchev–Trinajstić information content (AvgIpc) is 3.05. The van der Waals surface area contributed by atoms with Gasteiger partial charge in [0.05, 0.1) is 24.1 Å². The quantitative estimate of drug-likeness (QED) is 0.681. The Bertz CT molecular complexity index is 1210. The maximum absolute atomic E-state index is 13.2. The van der Waals surface area contributed by atoms with Gasteiger partial charge < -0.3 is 15.4 Å². The summed E-state index contributed by atoms with van der Waals surface area (Å²) in [4.78, 5) is 24.0. The Kier molecular flexibility index (Phi) is 6.04. The number of nitrogens with one attached hydrogen (secondary N) is 1. The highest BCUT2D eigenvalue weighted by Gasteiger charge is 2.41. The summed E-state index contributed by atoms with van der Waals surface area (Å²) < 4.78 is 33.2. The number of sulfonamides is 1. The van der Waals surface area contributed by atoms with Crippen molar-refractivity contribution in [2.45, 2.75) is 50.6 Å². The SMILES string of the molecule is CC1CCN(c2nc(C3=COCCC3)ccc2C(=O)NS(=O)(=O)c2cccc(N)n2)C1(C)C. The van der Waals surface area contributed by atoms with Gasteiger partial charge in [-0.25, -0.2) is 14.7 Å². The van der Waals surface area contributed by atoms with Crippen molar-refractivity contribution in [1.82, 2.24) is 14.7 Å². The first-order valence-electron chi connectivity index (χ1n) is 11.0. The second-order valence-corrected chi connectivity index (χ2v) is 10.6. The molecule has 3 N–H and O–H groups in total. The first-order valence-corrected chi connectivity index (χ1v) is 12.5. The number of rotatable bonds is 5. The Balaban J connectivity index is 1.74. The minimum absolute atomic E-state index is 0.0489. The van der Waals surface area contributed by atoms with Crippen LogP contribution >= 0.6 is 0 Å². The summed E-state index contributed by atoms with van der Waals surface area (Å²) in [6.07, 6.45) is 4.37. The maximum atomic E-state index is 13.2. The smallest absolute Gasteiger partial charge is 0.281 e. The van der Waals surface area contributed by atoms with E-state index in [0.717, 1.165) is 30.5 Å². The van der Waals surface area contributed by atoms with E-state index in [0.29, 0.717) is 24.9 Å². The Labute approximate surface area is 194 Å². The monoisotopic (exact) mass is 471 g/mol. The summed E-state index contributed by atoms with van der Waals surface area (Å²) in [6.45, 7) is 7.76. The lowest BCUT2D eigenvalue weighted by Gasteiger charge is -2.36. The van der Waals surface area contributed by atoms with Crippen molar-refractivity contribution in [3.05, 3.63) is 47.9 Å². The summed E-state index contributed by atoms with van der Waals surface area (Å²) >= 11 is 0. The third kappa shape index (κ3) is 4.52. The van der Waals surface area contributed by atoms with E-state index in [-0.39, 0.29) is 21.9 Å². The van der Waals surface area contributed by atoms with E-state index in [1.54, 1.807) is 18.4 Å². The number of anilines is 2. The zero-order chi connectivity index (χ0) is 23.8. The zero-order valence-electron chi connectivity index (χ0n) is 19.0. The zero-order valence-corrected chi connectivity index (χ0v) is 19.9. The van der Waals surface area contributed by atoms with Crippen LogP contribution in [-0.2, 0) is 14.8 Å². The van der Waals surface area contributed by atoms with E-state index < -0.39 is 15.9 Å². The average molecular weight is 472 g/mol. The van der Waals surface area contributed by atoms with Crippen molar-refractivity contribution in [1.29, 1.82) is 0 Å². The molecule has 1 fully saturated rings. The number of ether oxygens (including phenoxy) is 1. The molecule has 2 aromatic heterocycles. The van der Waals surface area contributed by atoms with Gasteiger partial charge in [0.25, 0.3) is 15.9 Å². The van der Waals surface area contributed by atoms with Gasteiger partial charge in [0.2, 0.25) is 0 Å². The molecule has 2 aliphatic rings. The van der Waals surface area contributed by atoms with Crippen LogP contribution in [0.5, 0.6) is 0 Å². The summed E-state index contributed by atoms with van der Waals surface area (Å²) in [5.74, 6) is 0.114. The fraction of sp³-hybridized carbons (Fsp3) is 0.435. The van der Waals surface area contributed by atoms with Crippen molar-refractivity contribution in [2.75, 3.05) is 23.8 Å². The molecule has 1 atom stereocenters. The predicted molar refractivity (Wildman–Crippen MR) is 126 cm³/mol. The first kappa shape index (κ1) is 23.0. The lowest BCUT2D eigenvalue weighted by Crippen LogP contribution is -2.44. The van der Waals surface area contributed by atoms with Gasteiger partial charge in [0.1, 0.15) is 11.6 Å². The molecule has 0 aromatic carbocycles. The predicted octanol–water partition coefficient (Wildman–Crippen LogP) is 2.95. The Morgan fingerprint density at radius 3 is 2.67 bits per heavy atom. The highest BCUT2D eigenvalue weighted by atomic mass is 32.2. The highest BCUT2D eigenvalue weighted by molar-refractivity contribution is 7.90. The van der Waals surface area contributed by atoms with Crippen LogP contribution in [0.1, 0.15) is 56.1 Å². The lowest BCUT2D eigenvalue weighted by molar-refractivity contribution is 0.0981. The third-order valence-electron chi connectivity index (χ3n) is 6.57. The van der Waals surface area contributed by atoms with Gasteiger partial charge in [-0.15, -0.1) is 0 Å². The van der Waals surface area contributed by atoms with Gasteiger partial charge in [0.15, 0.2) is 5.03 Å². The van der Waals surface area contributed by atoms with E-state index in [2.05, 4.69) is 35.4 Å². The van der Waals surface area contributed by atoms with Crippen LogP contribution in [0.2, 0.25) is 0 Å². The molecule has 0 saturated carbocycles. The van der Waals surface area contributed by atoms with Gasteiger partial charge >= 0.3 is 0 Å². The number of aromatic nitrogens is 2. The van der Waals surface area contributed by atoms with Gasteiger partial charge in [-0.1, -0.05) is 13.0 Å². The Hall–Kier alpha value is -3.14. The third-order valence-corrected chi connectivity index (χ3v) is 7.81. The number of hydrogen-bond acceptors (Lipinski definition) is 8. The van der Waals surface area contributed by atoms with Crippen LogP contribution < -0.4 is 15.4 Å². The topological polar surface area (TPSA) is 128 Å². The number of amides is 1. The van der Waals surface area contributed by atoms with Crippen molar-refractivity contribution in [2.24, 2.45) is 5.92 Å². The van der Waals surface area contributed by atoms with Crippen molar-refractivity contribution in [3.63, 3.8) is 0 Å². The second-order valence-electron chi connectivity index (χ2n) is 9.02. The molecule has 176 valence electrons. The van der Waals surface area contributed by atoms with E-state index in [4.69, 9.17) is 15.5 Å². The van der Waals surface area contributed by atoms with Crippen molar-refractivity contribution in [3.8, 4) is 0 Å². The van der Waals surface area contributed by atoms with E-state index in [9.17, 15) is 13.2 Å². The molecule has 2 aliphatic heterocycles. The molecule has 1 saturated heterocycles. The van der Waals surface area contributed by atoms with Gasteiger partial charge in [0, 0.05) is 17.7 Å². The number of carbonyl (C=O) groups excluding carboxylic acids is 1. The number of nitrogens with two attached hydrogens (primary N) is 1. The largest absolute Gasteiger partial charge is 0.501 e. The molecular weight excluding hydrogens is 442 g/mol. The number of nitrogens with zero attached hydrogens (tertiary/aromatic N) is 3. The summed E-state index contributed by atoms with van der Waals surface area (Å²) in [7, 11) is -4.21. The minimum Gasteiger partial charge on any atom is -0.501 e. The number of allylic oxidation sites excluding steroid dienone is 1. The van der Waals surface area contributed by atoms with Gasteiger partial charge in [-0.05, 0) is 63.3 Å². The number of pyridine rings is 2. The van der Waals surface area contributed by atoms with E-state index in [1.165, 1.54) is 18.2 Å². The fourth-order valence-corrected chi connectivity index (χ4v) is 5.12. The van der Waals surface area contributed by atoms with Crippen LogP contribution in [0.25, 0.3) is 5.57 Å². The molecule has 1 unspecified atom stereocenters. The molecule has 4 rings (SSSR count). The summed E-state index contributed by atoms with van der Waals surface area (Å²) in [5, 5.41) is -0.318. The Morgan fingerprint density at radius 2 is 2.03 bits per heavy atom. The van der Waals surface area contributed by atoms with E-state index >= 15 is 0 Å². The number of hydrogen-bond donors (Lipinski definition) is 2. The van der Waals surface area contributed by atoms with Crippen LogP contribution in [-0.4, -0.2) is 43.0 Å². The molecule has 1 amide bonds. The molecule has 0 bridgehead atoms. The molecule has 4 heterocycles. The van der Waals surface area contributed by atoms with Crippen molar-refractivity contribution < 1.29 is 17.9 Å². The second kappa shape index (κ2) is 8.66. The lowest BCUT2D eigenvalue weighted by atomic mass is 9.90. The first-order chi connectivity index (χ1) is 15.6. The molecule has 0 aliphatic carbocycles.